The molecule has 36 heavy (non-hydrogen) atoms. The Labute approximate surface area is 208 Å². The summed E-state index contributed by atoms with van der Waals surface area (Å²) in [7, 11) is 0. The highest BCUT2D eigenvalue weighted by Gasteiger charge is 2.31. The van der Waals surface area contributed by atoms with Crippen molar-refractivity contribution in [3.05, 3.63) is 39.9 Å². The minimum absolute atomic E-state index is 0.00339. The molecule has 14 heteroatoms. The first-order chi connectivity index (χ1) is 17.5. The van der Waals surface area contributed by atoms with Crippen molar-refractivity contribution in [1.29, 1.82) is 0 Å². The predicted molar refractivity (Wildman–Crippen MR) is 131 cm³/mol. The molecule has 2 fully saturated rings. The van der Waals surface area contributed by atoms with E-state index in [2.05, 4.69) is 30.9 Å². The number of hydrogen-bond acceptors (Lipinski definition) is 13. The minimum Gasteiger partial charge on any atom is -0.394 e. The van der Waals surface area contributed by atoms with Crippen molar-refractivity contribution < 1.29 is 24.6 Å². The van der Waals surface area contributed by atoms with Crippen LogP contribution in [0, 0.1) is 10.1 Å². The van der Waals surface area contributed by atoms with Gasteiger partial charge in [0.1, 0.15) is 12.9 Å². The molecule has 2 aromatic rings. The van der Waals surface area contributed by atoms with Gasteiger partial charge in [-0.2, -0.15) is 15.0 Å². The summed E-state index contributed by atoms with van der Waals surface area (Å²) in [4.78, 5) is 26.3. The van der Waals surface area contributed by atoms with Gasteiger partial charge in [0.25, 0.3) is 5.69 Å². The average Bonchev–Trinajstić information content (AvgIpc) is 2.92. The van der Waals surface area contributed by atoms with Gasteiger partial charge in [0, 0.05) is 38.3 Å². The van der Waals surface area contributed by atoms with E-state index in [1.54, 1.807) is 12.1 Å². The van der Waals surface area contributed by atoms with Crippen LogP contribution in [0.1, 0.15) is 25.0 Å². The quantitative estimate of drug-likeness (QED) is 0.220. The van der Waals surface area contributed by atoms with E-state index in [4.69, 9.17) is 9.47 Å². The average molecular weight is 505 g/mol. The fourth-order valence-electron chi connectivity index (χ4n) is 4.07. The van der Waals surface area contributed by atoms with Crippen LogP contribution in [0.3, 0.4) is 0 Å². The van der Waals surface area contributed by atoms with E-state index in [9.17, 15) is 20.3 Å². The summed E-state index contributed by atoms with van der Waals surface area (Å²) in [5.74, 6) is 0.949. The molecule has 0 radical (unpaired) electrons. The van der Waals surface area contributed by atoms with Gasteiger partial charge in [-0.05, 0) is 24.1 Å². The monoisotopic (exact) mass is 504 g/mol. The first kappa shape index (κ1) is 25.9. The Morgan fingerprint density at radius 3 is 2.50 bits per heavy atom. The van der Waals surface area contributed by atoms with Crippen LogP contribution >= 0.6 is 0 Å². The van der Waals surface area contributed by atoms with Gasteiger partial charge in [0.05, 0.1) is 36.3 Å². The first-order valence-corrected chi connectivity index (χ1v) is 11.9. The second-order valence-electron chi connectivity index (χ2n) is 8.77. The van der Waals surface area contributed by atoms with Crippen molar-refractivity contribution in [2.75, 3.05) is 68.3 Å². The van der Waals surface area contributed by atoms with Crippen molar-refractivity contribution in [3.8, 4) is 0 Å². The maximum absolute atomic E-state index is 11.0. The van der Waals surface area contributed by atoms with Crippen LogP contribution in [-0.4, -0.2) is 94.5 Å². The number of rotatable bonds is 10. The first-order valence-electron chi connectivity index (χ1n) is 11.9. The maximum atomic E-state index is 11.0. The third-order valence-corrected chi connectivity index (χ3v) is 6.42. The molecule has 5 N–H and O–H groups in total. The minimum atomic E-state index is -0.988. The molecule has 2 atom stereocenters. The highest BCUT2D eigenvalue weighted by Crippen LogP contribution is 2.29. The van der Waals surface area contributed by atoms with Crippen LogP contribution in [0.25, 0.3) is 0 Å². The second-order valence-corrected chi connectivity index (χ2v) is 8.77. The number of aliphatic hydroxyl groups is 2. The standard InChI is InChI=1S/C22H32N8O6/c1-2-22(12-31,13-32)28-20-25-19(26-21(27-20)29-9-7-23-8-10-29)24-17-11-35-14-36-18(17)15-3-5-16(6-4-15)30(33)34/h3-6,17-18,23,31-32H,2,7-14H2,1H3,(H2,24,25,26,27,28)/t17-,18-/m0/s1. The summed E-state index contributed by atoms with van der Waals surface area (Å²) < 4.78 is 11.3. The molecule has 1 aromatic carbocycles. The van der Waals surface area contributed by atoms with Gasteiger partial charge < -0.3 is 40.5 Å². The zero-order valence-electron chi connectivity index (χ0n) is 20.1. The van der Waals surface area contributed by atoms with E-state index in [0.29, 0.717) is 32.1 Å². The number of aliphatic hydroxyl groups excluding tert-OH is 2. The number of aromatic nitrogens is 3. The number of non-ortho nitro benzene ring substituents is 1. The molecular weight excluding hydrogens is 472 g/mol. The summed E-state index contributed by atoms with van der Waals surface area (Å²) in [5.41, 5.74) is -0.240. The zero-order chi connectivity index (χ0) is 25.5. The van der Waals surface area contributed by atoms with Crippen LogP contribution in [0.5, 0.6) is 0 Å². The third kappa shape index (κ3) is 5.96. The smallest absolute Gasteiger partial charge is 0.269 e. The van der Waals surface area contributed by atoms with E-state index in [1.165, 1.54) is 12.1 Å². The normalized spacial score (nSPS) is 20.7. The Balaban J connectivity index is 1.62. The van der Waals surface area contributed by atoms with E-state index >= 15 is 0 Å². The number of piperazine rings is 1. The van der Waals surface area contributed by atoms with E-state index in [-0.39, 0.29) is 37.6 Å². The molecule has 0 aliphatic carbocycles. The summed E-state index contributed by atoms with van der Waals surface area (Å²) in [6.45, 7) is 4.63. The van der Waals surface area contributed by atoms with Gasteiger partial charge in [0.15, 0.2) is 0 Å². The number of nitro benzene ring substituents is 1. The van der Waals surface area contributed by atoms with Crippen molar-refractivity contribution in [2.24, 2.45) is 0 Å². The van der Waals surface area contributed by atoms with Crippen molar-refractivity contribution in [3.63, 3.8) is 0 Å². The van der Waals surface area contributed by atoms with Crippen molar-refractivity contribution in [1.82, 2.24) is 20.3 Å². The highest BCUT2D eigenvalue weighted by atomic mass is 16.7. The molecule has 4 rings (SSSR count). The van der Waals surface area contributed by atoms with E-state index in [1.807, 2.05) is 11.8 Å². The molecule has 2 saturated heterocycles. The van der Waals surface area contributed by atoms with E-state index < -0.39 is 22.6 Å². The Morgan fingerprint density at radius 2 is 1.86 bits per heavy atom. The number of nitrogens with one attached hydrogen (secondary N) is 3. The summed E-state index contributed by atoms with van der Waals surface area (Å²) in [6.07, 6.45) is -0.0100. The largest absolute Gasteiger partial charge is 0.394 e. The second kappa shape index (κ2) is 11.7. The van der Waals surface area contributed by atoms with Crippen LogP contribution in [-0.2, 0) is 9.47 Å². The number of anilines is 3. The molecule has 0 spiro atoms. The molecule has 1 aromatic heterocycles. The Kier molecular flexibility index (Phi) is 8.43. The molecule has 0 amide bonds. The molecule has 14 nitrogen and oxygen atoms in total. The lowest BCUT2D eigenvalue weighted by atomic mass is 9.99. The van der Waals surface area contributed by atoms with Gasteiger partial charge in [-0.25, -0.2) is 0 Å². The number of hydrogen-bond donors (Lipinski definition) is 5. The highest BCUT2D eigenvalue weighted by molar-refractivity contribution is 5.46. The SMILES string of the molecule is CCC(CO)(CO)Nc1nc(N[C@H]2COCO[C@H]2c2ccc([N+](=O)[O-])cc2)nc(N2CCNCC2)n1. The predicted octanol–water partition coefficient (Wildman–Crippen LogP) is 0.261. The fraction of sp³-hybridized carbons (Fsp3) is 0.591. The molecule has 196 valence electrons. The van der Waals surface area contributed by atoms with Gasteiger partial charge in [-0.15, -0.1) is 0 Å². The summed E-state index contributed by atoms with van der Waals surface area (Å²) in [5, 5.41) is 40.5. The molecule has 2 aliphatic heterocycles. The number of ether oxygens (including phenoxy) is 2. The summed E-state index contributed by atoms with van der Waals surface area (Å²) >= 11 is 0. The molecular formula is C22H32N8O6. The number of nitrogens with zero attached hydrogens (tertiary/aromatic N) is 5. The van der Waals surface area contributed by atoms with Gasteiger partial charge in [0.2, 0.25) is 17.8 Å². The molecule has 2 aliphatic rings. The Bertz CT molecular complexity index is 1010. The zero-order valence-corrected chi connectivity index (χ0v) is 20.1. The van der Waals surface area contributed by atoms with Crippen LogP contribution < -0.4 is 20.9 Å². The Hall–Kier alpha value is -3.17. The van der Waals surface area contributed by atoms with Crippen LogP contribution in [0.4, 0.5) is 23.5 Å². The lowest BCUT2D eigenvalue weighted by Crippen LogP contribution is -2.47. The van der Waals surface area contributed by atoms with Gasteiger partial charge in [-0.1, -0.05) is 6.92 Å². The van der Waals surface area contributed by atoms with Gasteiger partial charge >= 0.3 is 0 Å². The third-order valence-electron chi connectivity index (χ3n) is 6.42. The Morgan fingerprint density at radius 1 is 1.17 bits per heavy atom. The molecule has 3 heterocycles. The van der Waals surface area contributed by atoms with E-state index in [0.717, 1.165) is 18.7 Å². The molecule has 0 bridgehead atoms. The number of benzene rings is 1. The number of nitro groups is 1. The van der Waals surface area contributed by atoms with Crippen LogP contribution in [0.15, 0.2) is 24.3 Å². The lowest BCUT2D eigenvalue weighted by Gasteiger charge is -2.33. The topological polar surface area (TPSA) is 180 Å². The summed E-state index contributed by atoms with van der Waals surface area (Å²) in [6, 6.07) is 5.80. The molecule has 0 unspecified atom stereocenters. The molecule has 0 saturated carbocycles. The van der Waals surface area contributed by atoms with Crippen LogP contribution in [0.2, 0.25) is 0 Å². The van der Waals surface area contributed by atoms with Crippen molar-refractivity contribution >= 4 is 23.5 Å². The van der Waals surface area contributed by atoms with Crippen molar-refractivity contribution in [2.45, 2.75) is 31.0 Å². The maximum Gasteiger partial charge on any atom is 0.269 e. The lowest BCUT2D eigenvalue weighted by molar-refractivity contribution is -0.384. The van der Waals surface area contributed by atoms with Gasteiger partial charge in [-0.3, -0.25) is 10.1 Å². The fourth-order valence-corrected chi connectivity index (χ4v) is 4.07.